The predicted octanol–water partition coefficient (Wildman–Crippen LogP) is 5.66. The molecule has 1 saturated heterocycles. The highest BCUT2D eigenvalue weighted by molar-refractivity contribution is 7.08. The van der Waals surface area contributed by atoms with E-state index in [2.05, 4.69) is 42.1 Å². The third kappa shape index (κ3) is 3.94. The average molecular weight is 387 g/mol. The van der Waals surface area contributed by atoms with Gasteiger partial charge in [-0.05, 0) is 61.9 Å². The van der Waals surface area contributed by atoms with Crippen molar-refractivity contribution in [3.05, 3.63) is 51.7 Å². The van der Waals surface area contributed by atoms with Gasteiger partial charge in [-0.3, -0.25) is 0 Å². The quantitative estimate of drug-likeness (QED) is 0.627. The van der Waals surface area contributed by atoms with Gasteiger partial charge in [0.1, 0.15) is 0 Å². The highest BCUT2D eigenvalue weighted by Gasteiger charge is 2.28. The molecule has 3 nitrogen and oxygen atoms in total. The van der Waals surface area contributed by atoms with Crippen molar-refractivity contribution in [1.82, 2.24) is 10.3 Å². The Hall–Kier alpha value is -1.46. The van der Waals surface area contributed by atoms with E-state index in [1.165, 1.54) is 11.1 Å². The Kier molecular flexibility index (Phi) is 5.02. The van der Waals surface area contributed by atoms with Gasteiger partial charge >= 0.3 is 0 Å². The number of nitrogens with zero attached hydrogens (tertiary/aromatic N) is 1. The van der Waals surface area contributed by atoms with Crippen molar-refractivity contribution in [2.24, 2.45) is 0 Å². The molecule has 1 aliphatic heterocycles. The number of hydrogen-bond acceptors (Lipinski definition) is 4. The predicted molar refractivity (Wildman–Crippen MR) is 110 cm³/mol. The van der Waals surface area contributed by atoms with Crippen LogP contribution in [0.25, 0.3) is 22.2 Å². The second-order valence-electron chi connectivity index (χ2n) is 7.52. The minimum Gasteiger partial charge on any atom is -0.375 e. The first-order valence-electron chi connectivity index (χ1n) is 8.99. The Balaban J connectivity index is 1.64. The van der Waals surface area contributed by atoms with Crippen LogP contribution in [0.1, 0.15) is 32.3 Å². The van der Waals surface area contributed by atoms with Crippen LogP contribution in [-0.4, -0.2) is 23.2 Å². The zero-order chi connectivity index (χ0) is 18.1. The van der Waals surface area contributed by atoms with Crippen molar-refractivity contribution >= 4 is 33.8 Å². The van der Waals surface area contributed by atoms with E-state index in [-0.39, 0.29) is 5.60 Å². The van der Waals surface area contributed by atoms with Crippen molar-refractivity contribution < 1.29 is 4.74 Å². The first-order valence-corrected chi connectivity index (χ1v) is 10.3. The summed E-state index contributed by atoms with van der Waals surface area (Å²) in [6.07, 6.45) is 2.07. The molecule has 1 N–H and O–H groups in total. The normalized spacial score (nSPS) is 19.7. The van der Waals surface area contributed by atoms with Gasteiger partial charge in [0.25, 0.3) is 0 Å². The number of ether oxygens (including phenoxy) is 1. The van der Waals surface area contributed by atoms with Gasteiger partial charge < -0.3 is 10.1 Å². The molecule has 0 saturated carbocycles. The largest absolute Gasteiger partial charge is 0.375 e. The van der Waals surface area contributed by atoms with Gasteiger partial charge in [0, 0.05) is 40.5 Å². The Morgan fingerprint density at radius 3 is 2.96 bits per heavy atom. The van der Waals surface area contributed by atoms with E-state index in [1.54, 1.807) is 11.3 Å². The zero-order valence-corrected chi connectivity index (χ0v) is 16.7. The monoisotopic (exact) mass is 386 g/mol. The number of benzene rings is 1. The molecule has 0 spiro atoms. The van der Waals surface area contributed by atoms with E-state index in [4.69, 9.17) is 21.3 Å². The molecule has 2 aromatic heterocycles. The van der Waals surface area contributed by atoms with Crippen molar-refractivity contribution in [3.8, 4) is 11.3 Å². The summed E-state index contributed by atoms with van der Waals surface area (Å²) < 4.78 is 5.84. The molecule has 136 valence electrons. The molecule has 0 aliphatic carbocycles. The average Bonchev–Trinajstić information content (AvgIpc) is 3.13. The lowest BCUT2D eigenvalue weighted by Crippen LogP contribution is -2.43. The molecule has 5 heteroatoms. The van der Waals surface area contributed by atoms with Crippen LogP contribution in [0.15, 0.2) is 41.1 Å². The third-order valence-electron chi connectivity index (χ3n) is 4.93. The summed E-state index contributed by atoms with van der Waals surface area (Å²) in [5, 5.41) is 9.82. The minimum absolute atomic E-state index is 0.0511. The maximum atomic E-state index is 6.16. The van der Waals surface area contributed by atoms with Crippen LogP contribution in [0, 0.1) is 0 Å². The van der Waals surface area contributed by atoms with Gasteiger partial charge in [-0.25, -0.2) is 4.98 Å². The fourth-order valence-corrected chi connectivity index (χ4v) is 4.44. The van der Waals surface area contributed by atoms with Crippen LogP contribution in [0.5, 0.6) is 0 Å². The molecular weight excluding hydrogens is 364 g/mol. The van der Waals surface area contributed by atoms with Crippen LogP contribution in [-0.2, 0) is 11.3 Å². The lowest BCUT2D eigenvalue weighted by atomic mass is 9.93. The van der Waals surface area contributed by atoms with Gasteiger partial charge in [0.2, 0.25) is 0 Å². The fraction of sp³-hybridized carbons (Fsp3) is 0.381. The Morgan fingerprint density at radius 1 is 1.31 bits per heavy atom. The molecule has 1 fully saturated rings. The van der Waals surface area contributed by atoms with Gasteiger partial charge in [0.15, 0.2) is 0 Å². The molecule has 26 heavy (non-hydrogen) atoms. The summed E-state index contributed by atoms with van der Waals surface area (Å²) in [5.41, 5.74) is 4.32. The maximum Gasteiger partial charge on any atom is 0.0763 e. The zero-order valence-electron chi connectivity index (χ0n) is 15.1. The topological polar surface area (TPSA) is 34.2 Å². The number of fused-ring (bicyclic) bond motifs is 1. The van der Waals surface area contributed by atoms with E-state index in [1.807, 2.05) is 18.2 Å². The maximum absolute atomic E-state index is 6.16. The summed E-state index contributed by atoms with van der Waals surface area (Å²) in [5.74, 6) is 0. The molecule has 3 aromatic rings. The first kappa shape index (κ1) is 17.9. The van der Waals surface area contributed by atoms with Gasteiger partial charge in [-0.1, -0.05) is 17.7 Å². The van der Waals surface area contributed by atoms with E-state index in [0.717, 1.165) is 47.6 Å². The molecule has 1 aliphatic rings. The number of pyridine rings is 1. The Morgan fingerprint density at radius 2 is 2.19 bits per heavy atom. The number of rotatable bonds is 4. The molecule has 3 heterocycles. The molecule has 1 aromatic carbocycles. The van der Waals surface area contributed by atoms with Crippen molar-refractivity contribution in [3.63, 3.8) is 0 Å². The highest BCUT2D eigenvalue weighted by Crippen LogP contribution is 2.29. The first-order chi connectivity index (χ1) is 12.5. The number of aromatic nitrogens is 1. The standard InChI is InChI=1S/C21H23ClN2OS/c1-21(2)11-18(5-7-25-21)23-12-16-9-14-3-4-17(22)10-19(14)24-20(16)15-6-8-26-13-15/h3-4,6,8-10,13,18,23H,5,7,11-12H2,1-2H3/t18-/m1/s1. The molecule has 0 unspecified atom stereocenters. The van der Waals surface area contributed by atoms with Gasteiger partial charge in [-0.2, -0.15) is 11.3 Å². The summed E-state index contributed by atoms with van der Waals surface area (Å²) in [4.78, 5) is 4.93. The van der Waals surface area contributed by atoms with Crippen LogP contribution in [0.4, 0.5) is 0 Å². The molecule has 0 amide bonds. The van der Waals surface area contributed by atoms with E-state index >= 15 is 0 Å². The van der Waals surface area contributed by atoms with Crippen LogP contribution in [0.2, 0.25) is 5.02 Å². The van der Waals surface area contributed by atoms with Crippen molar-refractivity contribution in [2.45, 2.75) is 44.9 Å². The number of halogens is 1. The number of thiophene rings is 1. The summed E-state index contributed by atoms with van der Waals surface area (Å²) in [6.45, 7) is 5.95. The lowest BCUT2D eigenvalue weighted by molar-refractivity contribution is -0.0630. The van der Waals surface area contributed by atoms with E-state index < -0.39 is 0 Å². The van der Waals surface area contributed by atoms with E-state index in [0.29, 0.717) is 6.04 Å². The van der Waals surface area contributed by atoms with Crippen LogP contribution in [0.3, 0.4) is 0 Å². The molecule has 1 atom stereocenters. The second-order valence-corrected chi connectivity index (χ2v) is 8.74. The van der Waals surface area contributed by atoms with E-state index in [9.17, 15) is 0 Å². The summed E-state index contributed by atoms with van der Waals surface area (Å²) in [7, 11) is 0. The van der Waals surface area contributed by atoms with Crippen LogP contribution >= 0.6 is 22.9 Å². The molecular formula is C21H23ClN2OS. The fourth-order valence-electron chi connectivity index (χ4n) is 3.63. The smallest absolute Gasteiger partial charge is 0.0763 e. The lowest BCUT2D eigenvalue weighted by Gasteiger charge is -2.36. The van der Waals surface area contributed by atoms with Crippen molar-refractivity contribution in [1.29, 1.82) is 0 Å². The van der Waals surface area contributed by atoms with Crippen LogP contribution < -0.4 is 5.32 Å². The molecule has 0 radical (unpaired) electrons. The Labute approximate surface area is 163 Å². The minimum atomic E-state index is -0.0511. The Bertz CT molecular complexity index is 908. The second kappa shape index (κ2) is 7.28. The number of nitrogens with one attached hydrogen (secondary N) is 1. The summed E-state index contributed by atoms with van der Waals surface area (Å²) in [6, 6.07) is 10.7. The van der Waals surface area contributed by atoms with Gasteiger partial charge in [0.05, 0.1) is 16.8 Å². The third-order valence-corrected chi connectivity index (χ3v) is 5.85. The molecule has 0 bridgehead atoms. The number of hydrogen-bond donors (Lipinski definition) is 1. The summed E-state index contributed by atoms with van der Waals surface area (Å²) >= 11 is 7.86. The van der Waals surface area contributed by atoms with Crippen molar-refractivity contribution in [2.75, 3.05) is 6.61 Å². The molecule has 4 rings (SSSR count). The highest BCUT2D eigenvalue weighted by atomic mass is 35.5. The van der Waals surface area contributed by atoms with Gasteiger partial charge in [-0.15, -0.1) is 0 Å². The SMILES string of the molecule is CC1(C)C[C@H](NCc2cc3ccc(Cl)cc3nc2-c2ccsc2)CCO1.